The highest BCUT2D eigenvalue weighted by atomic mass is 16.5. The van der Waals surface area contributed by atoms with Crippen LogP contribution in [0, 0.1) is 5.92 Å². The van der Waals surface area contributed by atoms with Crippen molar-refractivity contribution in [3.63, 3.8) is 0 Å². The Morgan fingerprint density at radius 1 is 1.27 bits per heavy atom. The van der Waals surface area contributed by atoms with Gasteiger partial charge in [0, 0.05) is 35.7 Å². The molecule has 1 aromatic carbocycles. The second kappa shape index (κ2) is 8.62. The lowest BCUT2D eigenvalue weighted by Crippen LogP contribution is -2.29. The third kappa shape index (κ3) is 4.13. The van der Waals surface area contributed by atoms with E-state index in [1.807, 2.05) is 36.7 Å². The van der Waals surface area contributed by atoms with Gasteiger partial charge in [-0.1, -0.05) is 13.8 Å². The Labute approximate surface area is 176 Å². The Hall–Kier alpha value is -2.64. The molecule has 2 aromatic heterocycles. The molecule has 1 atom stereocenters. The molecular weight excluding hydrogens is 380 g/mol. The average molecular weight is 411 g/mol. The SMILES string of the molecule is CC(C)C(O)COC1CCC(n2ccc3cc(-n4ccnc4)cc(C(N)=O)c32)CC1. The summed E-state index contributed by atoms with van der Waals surface area (Å²) in [6, 6.07) is 6.24. The van der Waals surface area contributed by atoms with E-state index in [1.54, 1.807) is 12.5 Å². The van der Waals surface area contributed by atoms with Gasteiger partial charge in [-0.2, -0.15) is 0 Å². The number of nitrogens with zero attached hydrogens (tertiary/aromatic N) is 3. The van der Waals surface area contributed by atoms with Crippen LogP contribution < -0.4 is 5.73 Å². The van der Waals surface area contributed by atoms with Crippen molar-refractivity contribution in [2.45, 2.75) is 57.8 Å². The molecule has 0 saturated heterocycles. The number of ether oxygens (including phenoxy) is 1. The van der Waals surface area contributed by atoms with Gasteiger partial charge in [-0.25, -0.2) is 4.98 Å². The Bertz CT molecular complexity index is 1000. The number of aliphatic hydroxyl groups is 1. The van der Waals surface area contributed by atoms with Crippen LogP contribution in [0.2, 0.25) is 0 Å². The fourth-order valence-corrected chi connectivity index (χ4v) is 4.26. The molecule has 0 spiro atoms. The van der Waals surface area contributed by atoms with E-state index in [9.17, 15) is 9.90 Å². The van der Waals surface area contributed by atoms with Crippen molar-refractivity contribution in [1.29, 1.82) is 0 Å². The monoisotopic (exact) mass is 410 g/mol. The predicted octanol–water partition coefficient (Wildman–Crippen LogP) is 3.44. The molecule has 2 heterocycles. The van der Waals surface area contributed by atoms with Gasteiger partial charge in [-0.3, -0.25) is 4.79 Å². The zero-order valence-electron chi connectivity index (χ0n) is 17.6. The zero-order valence-corrected chi connectivity index (χ0v) is 17.6. The predicted molar refractivity (Wildman–Crippen MR) is 116 cm³/mol. The van der Waals surface area contributed by atoms with Gasteiger partial charge >= 0.3 is 0 Å². The van der Waals surface area contributed by atoms with Crippen LogP contribution >= 0.6 is 0 Å². The molecule has 0 radical (unpaired) electrons. The average Bonchev–Trinajstić information content (AvgIpc) is 3.41. The molecule has 160 valence electrons. The molecule has 7 nitrogen and oxygen atoms in total. The van der Waals surface area contributed by atoms with E-state index in [0.717, 1.165) is 42.3 Å². The molecule has 30 heavy (non-hydrogen) atoms. The topological polar surface area (TPSA) is 95.3 Å². The number of primary amides is 1. The number of rotatable bonds is 7. The molecule has 3 N–H and O–H groups in total. The van der Waals surface area contributed by atoms with Crippen molar-refractivity contribution < 1.29 is 14.6 Å². The number of aliphatic hydroxyl groups excluding tert-OH is 1. The molecule has 1 aliphatic rings. The summed E-state index contributed by atoms with van der Waals surface area (Å²) >= 11 is 0. The minimum atomic E-state index is -0.429. The van der Waals surface area contributed by atoms with E-state index in [4.69, 9.17) is 10.5 Å². The summed E-state index contributed by atoms with van der Waals surface area (Å²) in [4.78, 5) is 16.4. The smallest absolute Gasteiger partial charge is 0.250 e. The molecule has 4 rings (SSSR count). The molecule has 1 aliphatic carbocycles. The highest BCUT2D eigenvalue weighted by Gasteiger charge is 2.26. The van der Waals surface area contributed by atoms with Gasteiger partial charge in [0.1, 0.15) is 0 Å². The van der Waals surface area contributed by atoms with E-state index < -0.39 is 12.0 Å². The van der Waals surface area contributed by atoms with Gasteiger partial charge in [-0.15, -0.1) is 0 Å². The Morgan fingerprint density at radius 3 is 2.67 bits per heavy atom. The summed E-state index contributed by atoms with van der Waals surface area (Å²) in [6.07, 6.45) is 10.9. The largest absolute Gasteiger partial charge is 0.390 e. The number of hydrogen-bond acceptors (Lipinski definition) is 4. The molecule has 1 amide bonds. The van der Waals surface area contributed by atoms with Crippen molar-refractivity contribution in [3.05, 3.63) is 48.7 Å². The van der Waals surface area contributed by atoms with E-state index >= 15 is 0 Å². The van der Waals surface area contributed by atoms with Gasteiger partial charge in [0.15, 0.2) is 0 Å². The molecule has 1 fully saturated rings. The summed E-state index contributed by atoms with van der Waals surface area (Å²) < 4.78 is 10.0. The van der Waals surface area contributed by atoms with Gasteiger partial charge in [0.25, 0.3) is 5.91 Å². The number of fused-ring (bicyclic) bond motifs is 1. The zero-order chi connectivity index (χ0) is 21.3. The third-order valence-electron chi connectivity index (χ3n) is 6.17. The third-order valence-corrected chi connectivity index (χ3v) is 6.17. The van der Waals surface area contributed by atoms with Crippen molar-refractivity contribution in [1.82, 2.24) is 14.1 Å². The van der Waals surface area contributed by atoms with Crippen LogP contribution in [0.1, 0.15) is 55.9 Å². The van der Waals surface area contributed by atoms with Gasteiger partial charge in [-0.05, 0) is 49.8 Å². The number of hydrogen-bond donors (Lipinski definition) is 2. The first-order valence-corrected chi connectivity index (χ1v) is 10.7. The summed E-state index contributed by atoms with van der Waals surface area (Å²) in [5, 5.41) is 11.0. The number of aromatic nitrogens is 3. The van der Waals surface area contributed by atoms with Gasteiger partial charge in [0.2, 0.25) is 0 Å². The van der Waals surface area contributed by atoms with E-state index in [0.29, 0.717) is 18.2 Å². The minimum Gasteiger partial charge on any atom is -0.390 e. The maximum Gasteiger partial charge on any atom is 0.250 e. The molecule has 0 aliphatic heterocycles. The van der Waals surface area contributed by atoms with Crippen LogP contribution in [0.5, 0.6) is 0 Å². The standard InChI is InChI=1S/C23H30N4O3/c1-15(2)21(28)13-30-19-5-3-17(4-6-19)27-9-7-16-11-18(26-10-8-25-14-26)12-20(22(16)27)23(24)29/h7-12,14-15,17,19,21,28H,3-6,13H2,1-2H3,(H2,24,29). The van der Waals surface area contributed by atoms with Crippen molar-refractivity contribution in [2.75, 3.05) is 6.61 Å². The van der Waals surface area contributed by atoms with E-state index in [-0.39, 0.29) is 12.0 Å². The highest BCUT2D eigenvalue weighted by molar-refractivity contribution is 6.06. The first kappa shape index (κ1) is 20.6. The van der Waals surface area contributed by atoms with Crippen LogP contribution in [0.25, 0.3) is 16.6 Å². The highest BCUT2D eigenvalue weighted by Crippen LogP contribution is 2.35. The van der Waals surface area contributed by atoms with Crippen LogP contribution in [0.15, 0.2) is 43.1 Å². The quantitative estimate of drug-likeness (QED) is 0.624. The van der Waals surface area contributed by atoms with Crippen molar-refractivity contribution in [2.24, 2.45) is 11.7 Å². The molecule has 7 heteroatoms. The number of carbonyl (C=O) groups excluding carboxylic acids is 1. The lowest BCUT2D eigenvalue weighted by molar-refractivity contribution is -0.0414. The Morgan fingerprint density at radius 2 is 2.03 bits per heavy atom. The summed E-state index contributed by atoms with van der Waals surface area (Å²) in [6.45, 7) is 4.38. The summed E-state index contributed by atoms with van der Waals surface area (Å²) in [5.74, 6) is -0.228. The maximum absolute atomic E-state index is 12.3. The number of carbonyl (C=O) groups is 1. The number of nitrogens with two attached hydrogens (primary N) is 1. The second-order valence-corrected chi connectivity index (χ2v) is 8.56. The van der Waals surface area contributed by atoms with Gasteiger partial charge in [0.05, 0.1) is 36.2 Å². The normalized spacial score (nSPS) is 20.7. The Balaban J connectivity index is 1.53. The van der Waals surface area contributed by atoms with Crippen molar-refractivity contribution in [3.8, 4) is 5.69 Å². The number of imidazole rings is 1. The lowest BCUT2D eigenvalue weighted by atomic mass is 9.92. The fourth-order valence-electron chi connectivity index (χ4n) is 4.26. The van der Waals surface area contributed by atoms with E-state index in [2.05, 4.69) is 21.8 Å². The molecule has 0 bridgehead atoms. The lowest BCUT2D eigenvalue weighted by Gasteiger charge is -2.31. The van der Waals surface area contributed by atoms with Crippen LogP contribution in [-0.4, -0.2) is 43.9 Å². The second-order valence-electron chi connectivity index (χ2n) is 8.56. The maximum atomic E-state index is 12.3. The molecule has 3 aromatic rings. The van der Waals surface area contributed by atoms with Crippen LogP contribution in [0.4, 0.5) is 0 Å². The fraction of sp³-hybridized carbons (Fsp3) is 0.478. The first-order chi connectivity index (χ1) is 14.4. The van der Waals surface area contributed by atoms with E-state index in [1.165, 1.54) is 0 Å². The summed E-state index contributed by atoms with van der Waals surface area (Å²) in [7, 11) is 0. The first-order valence-electron chi connectivity index (χ1n) is 10.7. The minimum absolute atomic E-state index is 0.180. The van der Waals surface area contributed by atoms with Gasteiger partial charge < -0.3 is 24.7 Å². The van der Waals surface area contributed by atoms with Crippen LogP contribution in [0.3, 0.4) is 0 Å². The Kier molecular flexibility index (Phi) is 5.92. The number of benzene rings is 1. The number of amides is 1. The van der Waals surface area contributed by atoms with Crippen LogP contribution in [-0.2, 0) is 4.74 Å². The van der Waals surface area contributed by atoms with Crippen molar-refractivity contribution >= 4 is 16.8 Å². The molecule has 1 saturated carbocycles. The summed E-state index contributed by atoms with van der Waals surface area (Å²) in [5.41, 5.74) is 8.04. The molecular formula is C23H30N4O3. The molecule has 1 unspecified atom stereocenters.